The van der Waals surface area contributed by atoms with E-state index in [1.165, 1.54) is 24.3 Å². The van der Waals surface area contributed by atoms with Gasteiger partial charge in [0.15, 0.2) is 5.75 Å². The molecule has 0 heterocycles. The van der Waals surface area contributed by atoms with Crippen LogP contribution >= 0.6 is 23.2 Å². The van der Waals surface area contributed by atoms with Crippen LogP contribution in [0.25, 0.3) is 0 Å². The van der Waals surface area contributed by atoms with Crippen LogP contribution in [0.4, 0.5) is 5.69 Å². The summed E-state index contributed by atoms with van der Waals surface area (Å²) in [7, 11) is -3.71. The van der Waals surface area contributed by atoms with Gasteiger partial charge in [-0.25, -0.2) is 8.42 Å². The minimum absolute atomic E-state index is 0.0294. The van der Waals surface area contributed by atoms with Gasteiger partial charge in [-0.15, -0.1) is 0 Å². The Morgan fingerprint density at radius 2 is 1.53 bits per heavy atom. The molecule has 2 N–H and O–H groups in total. The molecule has 100 valence electrons. The number of phenolic OH excluding ortho intramolecular Hbond substituents is 1. The lowest BCUT2D eigenvalue weighted by Gasteiger charge is -2.09. The van der Waals surface area contributed by atoms with E-state index in [1.807, 2.05) is 0 Å². The zero-order valence-corrected chi connectivity index (χ0v) is 11.8. The van der Waals surface area contributed by atoms with Crippen LogP contribution in [-0.4, -0.2) is 13.5 Å². The topological polar surface area (TPSA) is 66.4 Å². The lowest BCUT2D eigenvalue weighted by molar-refractivity contribution is 0.476. The van der Waals surface area contributed by atoms with E-state index in [0.717, 1.165) is 0 Å². The number of nitrogens with one attached hydrogen (secondary N) is 1. The number of anilines is 1. The van der Waals surface area contributed by atoms with Crippen molar-refractivity contribution in [3.63, 3.8) is 0 Å². The molecule has 0 radical (unpaired) electrons. The SMILES string of the molecule is O=S(=O)(Nc1cc(Cl)c(O)c(Cl)c1)c1ccccc1. The van der Waals surface area contributed by atoms with Crippen LogP contribution in [0.5, 0.6) is 5.75 Å². The first kappa shape index (κ1) is 14.0. The van der Waals surface area contributed by atoms with Crippen molar-refractivity contribution in [2.45, 2.75) is 4.90 Å². The van der Waals surface area contributed by atoms with Gasteiger partial charge in [0.05, 0.1) is 20.6 Å². The normalized spacial score (nSPS) is 11.3. The Bertz CT molecular complexity index is 679. The summed E-state index contributed by atoms with van der Waals surface area (Å²) in [5, 5.41) is 9.35. The molecule has 0 atom stereocenters. The second-order valence-corrected chi connectivity index (χ2v) is 6.20. The highest BCUT2D eigenvalue weighted by Gasteiger charge is 2.15. The molecule has 0 bridgehead atoms. The third-order valence-electron chi connectivity index (χ3n) is 2.32. The van der Waals surface area contributed by atoms with Crippen LogP contribution in [-0.2, 0) is 10.0 Å². The fraction of sp³-hybridized carbons (Fsp3) is 0. The minimum Gasteiger partial charge on any atom is -0.505 e. The van der Waals surface area contributed by atoms with Crippen LogP contribution in [0.1, 0.15) is 0 Å². The van der Waals surface area contributed by atoms with E-state index in [-0.39, 0.29) is 26.4 Å². The van der Waals surface area contributed by atoms with Gasteiger partial charge in [-0.05, 0) is 24.3 Å². The van der Waals surface area contributed by atoms with Gasteiger partial charge in [-0.2, -0.15) is 0 Å². The lowest BCUT2D eigenvalue weighted by Crippen LogP contribution is -2.12. The molecule has 0 aliphatic heterocycles. The van der Waals surface area contributed by atoms with Crippen molar-refractivity contribution in [3.05, 3.63) is 52.5 Å². The second-order valence-electron chi connectivity index (χ2n) is 3.71. The van der Waals surface area contributed by atoms with Crippen molar-refractivity contribution < 1.29 is 13.5 Å². The molecule has 0 aliphatic carbocycles. The highest BCUT2D eigenvalue weighted by atomic mass is 35.5. The van der Waals surface area contributed by atoms with E-state index in [9.17, 15) is 13.5 Å². The summed E-state index contributed by atoms with van der Waals surface area (Å²) in [6, 6.07) is 10.4. The number of benzene rings is 2. The average molecular weight is 318 g/mol. The molecule has 0 saturated carbocycles. The van der Waals surface area contributed by atoms with Crippen molar-refractivity contribution in [3.8, 4) is 5.75 Å². The number of rotatable bonds is 3. The predicted molar refractivity (Wildman–Crippen MR) is 75.4 cm³/mol. The van der Waals surface area contributed by atoms with Gasteiger partial charge in [0.2, 0.25) is 0 Å². The summed E-state index contributed by atoms with van der Waals surface area (Å²) < 4.78 is 26.4. The molecule has 4 nitrogen and oxygen atoms in total. The van der Waals surface area contributed by atoms with Crippen molar-refractivity contribution in [1.29, 1.82) is 0 Å². The summed E-state index contributed by atoms with van der Waals surface area (Å²) in [5.74, 6) is -0.286. The molecule has 0 aromatic heterocycles. The van der Waals surface area contributed by atoms with Gasteiger partial charge in [0, 0.05) is 0 Å². The maximum absolute atomic E-state index is 12.0. The first-order chi connectivity index (χ1) is 8.90. The van der Waals surface area contributed by atoms with E-state index >= 15 is 0 Å². The number of sulfonamides is 1. The van der Waals surface area contributed by atoms with Gasteiger partial charge in [0.25, 0.3) is 10.0 Å². The fourth-order valence-electron chi connectivity index (χ4n) is 1.44. The van der Waals surface area contributed by atoms with Crippen molar-refractivity contribution in [2.75, 3.05) is 4.72 Å². The number of hydrogen-bond acceptors (Lipinski definition) is 3. The summed E-state index contributed by atoms with van der Waals surface area (Å²) in [6.45, 7) is 0. The first-order valence-corrected chi connectivity index (χ1v) is 7.40. The highest BCUT2D eigenvalue weighted by molar-refractivity contribution is 7.92. The molecule has 0 unspecified atom stereocenters. The maximum Gasteiger partial charge on any atom is 0.261 e. The molecule has 0 spiro atoms. The Morgan fingerprint density at radius 1 is 1.00 bits per heavy atom. The van der Waals surface area contributed by atoms with Crippen LogP contribution < -0.4 is 4.72 Å². The highest BCUT2D eigenvalue weighted by Crippen LogP contribution is 2.35. The summed E-state index contributed by atoms with van der Waals surface area (Å²) in [5.41, 5.74) is 0.177. The smallest absolute Gasteiger partial charge is 0.261 e. The zero-order chi connectivity index (χ0) is 14.0. The van der Waals surface area contributed by atoms with Crippen LogP contribution in [0.3, 0.4) is 0 Å². The number of halogens is 2. The van der Waals surface area contributed by atoms with E-state index in [0.29, 0.717) is 0 Å². The van der Waals surface area contributed by atoms with Crippen LogP contribution in [0.2, 0.25) is 10.0 Å². The fourth-order valence-corrected chi connectivity index (χ4v) is 2.99. The second kappa shape index (κ2) is 5.28. The van der Waals surface area contributed by atoms with E-state index < -0.39 is 10.0 Å². The standard InChI is InChI=1S/C12H9Cl2NO3S/c13-10-6-8(7-11(14)12(10)16)15-19(17,18)9-4-2-1-3-5-9/h1-7,15-16H. The molecule has 0 aliphatic rings. The van der Waals surface area contributed by atoms with E-state index in [2.05, 4.69) is 4.72 Å². The van der Waals surface area contributed by atoms with E-state index in [1.54, 1.807) is 18.2 Å². The molecule has 0 amide bonds. The molecule has 0 fully saturated rings. The number of phenols is 1. The van der Waals surface area contributed by atoms with Gasteiger partial charge < -0.3 is 5.11 Å². The van der Waals surface area contributed by atoms with Gasteiger partial charge in [-0.1, -0.05) is 41.4 Å². The Morgan fingerprint density at radius 3 is 2.05 bits per heavy atom. The number of hydrogen-bond donors (Lipinski definition) is 2. The molecule has 2 aromatic carbocycles. The molecular weight excluding hydrogens is 309 g/mol. The molecular formula is C12H9Cl2NO3S. The van der Waals surface area contributed by atoms with Crippen molar-refractivity contribution >= 4 is 38.9 Å². The van der Waals surface area contributed by atoms with Crippen molar-refractivity contribution in [2.24, 2.45) is 0 Å². The molecule has 7 heteroatoms. The van der Waals surface area contributed by atoms with Gasteiger partial charge >= 0.3 is 0 Å². The molecule has 0 saturated heterocycles. The summed E-state index contributed by atoms with van der Waals surface area (Å²) in [4.78, 5) is 0.121. The zero-order valence-electron chi connectivity index (χ0n) is 9.47. The minimum atomic E-state index is -3.71. The molecule has 2 rings (SSSR count). The predicted octanol–water partition coefficient (Wildman–Crippen LogP) is 3.50. The third-order valence-corrected chi connectivity index (χ3v) is 4.30. The van der Waals surface area contributed by atoms with Gasteiger partial charge in [0.1, 0.15) is 0 Å². The van der Waals surface area contributed by atoms with Gasteiger partial charge in [-0.3, -0.25) is 4.72 Å². The Balaban J connectivity index is 2.37. The van der Waals surface area contributed by atoms with Crippen LogP contribution in [0, 0.1) is 0 Å². The number of aromatic hydroxyl groups is 1. The van der Waals surface area contributed by atoms with E-state index in [4.69, 9.17) is 23.2 Å². The Labute approximate surface area is 120 Å². The van der Waals surface area contributed by atoms with Crippen LogP contribution in [0.15, 0.2) is 47.4 Å². The quantitative estimate of drug-likeness (QED) is 0.851. The largest absolute Gasteiger partial charge is 0.505 e. The summed E-state index contributed by atoms with van der Waals surface area (Å²) in [6.07, 6.45) is 0. The molecule has 19 heavy (non-hydrogen) atoms. The van der Waals surface area contributed by atoms with Crippen molar-refractivity contribution in [1.82, 2.24) is 0 Å². The Hall–Kier alpha value is -1.43. The lowest BCUT2D eigenvalue weighted by atomic mass is 10.3. The Kier molecular flexibility index (Phi) is 3.89. The first-order valence-electron chi connectivity index (χ1n) is 5.16. The third kappa shape index (κ3) is 3.12. The maximum atomic E-state index is 12.0. The average Bonchev–Trinajstić information content (AvgIpc) is 2.36. The summed E-state index contributed by atoms with van der Waals surface area (Å²) >= 11 is 11.4. The molecule has 2 aromatic rings. The monoisotopic (exact) mass is 317 g/mol.